The van der Waals surface area contributed by atoms with E-state index in [0.29, 0.717) is 12.1 Å². The van der Waals surface area contributed by atoms with Gasteiger partial charge in [0, 0.05) is 6.04 Å². The van der Waals surface area contributed by atoms with E-state index in [1.807, 2.05) is 12.1 Å². The second-order valence-corrected chi connectivity index (χ2v) is 3.21. The zero-order valence-corrected chi connectivity index (χ0v) is 8.00. The summed E-state index contributed by atoms with van der Waals surface area (Å²) >= 11 is 0. The predicted octanol–water partition coefficient (Wildman–Crippen LogP) is 2.73. The first-order valence-corrected chi connectivity index (χ1v) is 4.53. The quantitative estimate of drug-likeness (QED) is 0.746. The second-order valence-electron chi connectivity index (χ2n) is 3.21. The summed E-state index contributed by atoms with van der Waals surface area (Å²) in [5, 5.41) is 3.44. The van der Waals surface area contributed by atoms with Gasteiger partial charge in [-0.25, -0.2) is 0 Å². The highest BCUT2D eigenvalue weighted by atomic mass is 16.3. The molecular weight excluding hydrogens is 150 g/mol. The maximum absolute atomic E-state index is 5.28. The van der Waals surface area contributed by atoms with Crippen molar-refractivity contribution in [2.24, 2.45) is 0 Å². The van der Waals surface area contributed by atoms with Crippen molar-refractivity contribution in [1.29, 1.82) is 0 Å². The molecule has 1 N–H and O–H groups in total. The van der Waals surface area contributed by atoms with Gasteiger partial charge in [-0.1, -0.05) is 6.92 Å². The van der Waals surface area contributed by atoms with Gasteiger partial charge in [-0.2, -0.15) is 0 Å². The molecule has 0 amide bonds. The third-order valence-corrected chi connectivity index (χ3v) is 2.12. The predicted molar refractivity (Wildman–Crippen MR) is 50.0 cm³/mol. The molecule has 0 aliphatic carbocycles. The molecule has 2 heteroatoms. The number of nitrogens with one attached hydrogen (secondary N) is 1. The molecule has 0 bridgehead atoms. The van der Waals surface area contributed by atoms with Gasteiger partial charge in [-0.3, -0.25) is 0 Å². The highest BCUT2D eigenvalue weighted by Gasteiger charge is 2.09. The Morgan fingerprint density at radius 1 is 1.50 bits per heavy atom. The minimum atomic E-state index is 0.315. The molecule has 0 saturated carbocycles. The summed E-state index contributed by atoms with van der Waals surface area (Å²) in [4.78, 5) is 0. The third kappa shape index (κ3) is 2.38. The normalized spacial score (nSPS) is 15.9. The molecule has 1 heterocycles. The lowest BCUT2D eigenvalue weighted by Crippen LogP contribution is -2.27. The summed E-state index contributed by atoms with van der Waals surface area (Å²) < 4.78 is 5.28. The second kappa shape index (κ2) is 4.31. The van der Waals surface area contributed by atoms with Crippen molar-refractivity contribution in [2.75, 3.05) is 0 Å². The van der Waals surface area contributed by atoms with Crippen LogP contribution >= 0.6 is 0 Å². The lowest BCUT2D eigenvalue weighted by atomic mass is 10.2. The Hall–Kier alpha value is -0.760. The van der Waals surface area contributed by atoms with Gasteiger partial charge in [0.25, 0.3) is 0 Å². The van der Waals surface area contributed by atoms with Crippen LogP contribution in [0.4, 0.5) is 0 Å². The fourth-order valence-electron chi connectivity index (χ4n) is 1.16. The van der Waals surface area contributed by atoms with Gasteiger partial charge in [0.2, 0.25) is 0 Å². The number of furan rings is 1. The molecule has 0 aliphatic rings. The van der Waals surface area contributed by atoms with E-state index in [9.17, 15) is 0 Å². The van der Waals surface area contributed by atoms with Crippen molar-refractivity contribution in [1.82, 2.24) is 5.32 Å². The minimum absolute atomic E-state index is 0.315. The van der Waals surface area contributed by atoms with Crippen molar-refractivity contribution in [2.45, 2.75) is 39.3 Å². The van der Waals surface area contributed by atoms with E-state index in [0.717, 1.165) is 12.2 Å². The van der Waals surface area contributed by atoms with Crippen LogP contribution in [0.1, 0.15) is 39.0 Å². The maximum atomic E-state index is 5.28. The molecule has 0 radical (unpaired) electrons. The Morgan fingerprint density at radius 3 is 2.75 bits per heavy atom. The van der Waals surface area contributed by atoms with Crippen LogP contribution in [0, 0.1) is 0 Å². The smallest absolute Gasteiger partial charge is 0.120 e. The number of rotatable bonds is 4. The molecule has 0 unspecified atom stereocenters. The van der Waals surface area contributed by atoms with Crippen molar-refractivity contribution < 1.29 is 4.42 Å². The summed E-state index contributed by atoms with van der Waals surface area (Å²) in [7, 11) is 0. The van der Waals surface area contributed by atoms with E-state index in [2.05, 4.69) is 26.1 Å². The summed E-state index contributed by atoms with van der Waals surface area (Å²) in [5.74, 6) is 1.01. The highest BCUT2D eigenvalue weighted by Crippen LogP contribution is 2.13. The molecule has 0 aromatic carbocycles. The molecule has 1 aromatic heterocycles. The van der Waals surface area contributed by atoms with Gasteiger partial charge in [-0.05, 0) is 32.4 Å². The lowest BCUT2D eigenvalue weighted by Gasteiger charge is -2.16. The van der Waals surface area contributed by atoms with Gasteiger partial charge >= 0.3 is 0 Å². The molecule has 68 valence electrons. The van der Waals surface area contributed by atoms with E-state index in [1.54, 1.807) is 6.26 Å². The fraction of sp³-hybridized carbons (Fsp3) is 0.600. The van der Waals surface area contributed by atoms with Gasteiger partial charge in [0.1, 0.15) is 5.76 Å². The van der Waals surface area contributed by atoms with Crippen molar-refractivity contribution in [3.8, 4) is 0 Å². The van der Waals surface area contributed by atoms with Crippen LogP contribution in [0.5, 0.6) is 0 Å². The van der Waals surface area contributed by atoms with Crippen LogP contribution < -0.4 is 5.32 Å². The van der Waals surface area contributed by atoms with E-state index in [1.165, 1.54) is 0 Å². The van der Waals surface area contributed by atoms with Crippen molar-refractivity contribution in [3.05, 3.63) is 24.2 Å². The molecular formula is C10H17NO. The fourth-order valence-corrected chi connectivity index (χ4v) is 1.16. The standard InChI is InChI=1S/C10H17NO/c1-4-8(2)11-9(3)10-6-5-7-12-10/h5-9,11H,4H2,1-3H3/t8-,9-/m1/s1. The van der Waals surface area contributed by atoms with Crippen LogP contribution in [-0.4, -0.2) is 6.04 Å². The average Bonchev–Trinajstić information content (AvgIpc) is 2.56. The van der Waals surface area contributed by atoms with Gasteiger partial charge in [-0.15, -0.1) is 0 Å². The van der Waals surface area contributed by atoms with Gasteiger partial charge in [0.05, 0.1) is 12.3 Å². The molecule has 0 aliphatic heterocycles. The third-order valence-electron chi connectivity index (χ3n) is 2.12. The van der Waals surface area contributed by atoms with Crippen LogP contribution in [0.2, 0.25) is 0 Å². The summed E-state index contributed by atoms with van der Waals surface area (Å²) in [6.07, 6.45) is 2.86. The van der Waals surface area contributed by atoms with E-state index < -0.39 is 0 Å². The summed E-state index contributed by atoms with van der Waals surface area (Å²) in [6, 6.07) is 4.78. The molecule has 0 fully saturated rings. The molecule has 1 aromatic rings. The van der Waals surface area contributed by atoms with Crippen LogP contribution in [0.3, 0.4) is 0 Å². The molecule has 2 atom stereocenters. The van der Waals surface area contributed by atoms with E-state index in [-0.39, 0.29) is 0 Å². The Labute approximate surface area is 74.0 Å². The zero-order valence-electron chi connectivity index (χ0n) is 8.00. The number of hydrogen-bond acceptors (Lipinski definition) is 2. The first kappa shape index (κ1) is 9.33. The SMILES string of the molecule is CC[C@@H](C)N[C@H](C)c1ccco1. The Morgan fingerprint density at radius 2 is 2.25 bits per heavy atom. The van der Waals surface area contributed by atoms with Crippen LogP contribution in [-0.2, 0) is 0 Å². The largest absolute Gasteiger partial charge is 0.468 e. The van der Waals surface area contributed by atoms with Crippen molar-refractivity contribution in [3.63, 3.8) is 0 Å². The monoisotopic (exact) mass is 167 g/mol. The van der Waals surface area contributed by atoms with Gasteiger partial charge in [0.15, 0.2) is 0 Å². The van der Waals surface area contributed by atoms with Crippen LogP contribution in [0.25, 0.3) is 0 Å². The van der Waals surface area contributed by atoms with Crippen molar-refractivity contribution >= 4 is 0 Å². The minimum Gasteiger partial charge on any atom is -0.468 e. The summed E-state index contributed by atoms with van der Waals surface area (Å²) in [6.45, 7) is 6.47. The van der Waals surface area contributed by atoms with E-state index in [4.69, 9.17) is 4.42 Å². The Kier molecular flexibility index (Phi) is 3.35. The van der Waals surface area contributed by atoms with Crippen LogP contribution in [0.15, 0.2) is 22.8 Å². The molecule has 1 rings (SSSR count). The molecule has 2 nitrogen and oxygen atoms in total. The molecule has 0 spiro atoms. The first-order valence-electron chi connectivity index (χ1n) is 4.53. The first-order chi connectivity index (χ1) is 5.74. The zero-order chi connectivity index (χ0) is 8.97. The average molecular weight is 167 g/mol. The summed E-state index contributed by atoms with van der Waals surface area (Å²) in [5.41, 5.74) is 0. The Bertz CT molecular complexity index is 206. The topological polar surface area (TPSA) is 25.2 Å². The molecule has 12 heavy (non-hydrogen) atoms. The lowest BCUT2D eigenvalue weighted by molar-refractivity contribution is 0.394. The van der Waals surface area contributed by atoms with E-state index >= 15 is 0 Å². The van der Waals surface area contributed by atoms with Gasteiger partial charge < -0.3 is 9.73 Å². The number of hydrogen-bond donors (Lipinski definition) is 1. The maximum Gasteiger partial charge on any atom is 0.120 e. The Balaban J connectivity index is 2.44. The molecule has 0 saturated heterocycles. The highest BCUT2D eigenvalue weighted by molar-refractivity contribution is 5.03.